The first kappa shape index (κ1) is 14.4. The summed E-state index contributed by atoms with van der Waals surface area (Å²) < 4.78 is 11.2. The zero-order chi connectivity index (χ0) is 14.8. The maximum Gasteiger partial charge on any atom is 0.338 e. The summed E-state index contributed by atoms with van der Waals surface area (Å²) in [5.41, 5.74) is 1.60. The van der Waals surface area contributed by atoms with Crippen LogP contribution in [0.3, 0.4) is 0 Å². The van der Waals surface area contributed by atoms with Crippen molar-refractivity contribution in [3.63, 3.8) is 0 Å². The molecular weight excluding hydrogens is 266 g/mol. The van der Waals surface area contributed by atoms with Gasteiger partial charge in [-0.25, -0.2) is 4.79 Å². The highest BCUT2D eigenvalue weighted by molar-refractivity contribution is 5.93. The maximum absolute atomic E-state index is 11.5. The number of benzene rings is 1. The molecule has 2 aliphatic heterocycles. The molecule has 0 aliphatic carbocycles. The number of carbonyl (C=O) groups is 1. The van der Waals surface area contributed by atoms with Crippen LogP contribution in [0.1, 0.15) is 49.0 Å². The zero-order valence-corrected chi connectivity index (χ0v) is 12.8. The summed E-state index contributed by atoms with van der Waals surface area (Å²) in [5, 5.41) is 0. The van der Waals surface area contributed by atoms with Crippen LogP contribution in [0.4, 0.5) is 0 Å². The molecular formula is C17H23NO3. The lowest BCUT2D eigenvalue weighted by Gasteiger charge is -2.38. The SMILES string of the molecule is CCN1CCCC[C@H]1[C@@H](C)Oc1ccc2c(c1)COC2=O. The molecule has 21 heavy (non-hydrogen) atoms. The Hall–Kier alpha value is -1.55. The molecule has 2 heterocycles. The Morgan fingerprint density at radius 1 is 1.43 bits per heavy atom. The van der Waals surface area contributed by atoms with Gasteiger partial charge in [0.2, 0.25) is 0 Å². The molecule has 114 valence electrons. The Bertz CT molecular complexity index is 529. The highest BCUT2D eigenvalue weighted by Gasteiger charge is 2.28. The van der Waals surface area contributed by atoms with E-state index in [0.29, 0.717) is 18.2 Å². The van der Waals surface area contributed by atoms with Gasteiger partial charge in [0.1, 0.15) is 18.5 Å². The van der Waals surface area contributed by atoms with E-state index in [1.807, 2.05) is 18.2 Å². The monoisotopic (exact) mass is 289 g/mol. The average Bonchev–Trinajstić information content (AvgIpc) is 2.88. The molecule has 1 fully saturated rings. The number of piperidine rings is 1. The van der Waals surface area contributed by atoms with Crippen LogP contribution >= 0.6 is 0 Å². The number of esters is 1. The largest absolute Gasteiger partial charge is 0.489 e. The fraction of sp³-hybridized carbons (Fsp3) is 0.588. The summed E-state index contributed by atoms with van der Waals surface area (Å²) >= 11 is 0. The quantitative estimate of drug-likeness (QED) is 0.799. The van der Waals surface area contributed by atoms with E-state index >= 15 is 0 Å². The van der Waals surface area contributed by atoms with E-state index in [-0.39, 0.29) is 12.1 Å². The van der Waals surface area contributed by atoms with Crippen molar-refractivity contribution >= 4 is 5.97 Å². The van der Waals surface area contributed by atoms with Gasteiger partial charge < -0.3 is 9.47 Å². The fourth-order valence-electron chi connectivity index (χ4n) is 3.42. The Labute approximate surface area is 126 Å². The van der Waals surface area contributed by atoms with Crippen molar-refractivity contribution < 1.29 is 14.3 Å². The van der Waals surface area contributed by atoms with E-state index in [1.54, 1.807) is 0 Å². The molecule has 1 aromatic carbocycles. The number of carbonyl (C=O) groups excluding carboxylic acids is 1. The van der Waals surface area contributed by atoms with Gasteiger partial charge in [0.25, 0.3) is 0 Å². The van der Waals surface area contributed by atoms with E-state index in [9.17, 15) is 4.79 Å². The van der Waals surface area contributed by atoms with E-state index in [2.05, 4.69) is 18.7 Å². The number of cyclic esters (lactones) is 1. The van der Waals surface area contributed by atoms with Crippen molar-refractivity contribution in [2.45, 2.75) is 51.9 Å². The van der Waals surface area contributed by atoms with E-state index in [1.165, 1.54) is 25.8 Å². The molecule has 0 bridgehead atoms. The summed E-state index contributed by atoms with van der Waals surface area (Å²) in [5.74, 6) is 0.607. The minimum absolute atomic E-state index is 0.154. The Morgan fingerprint density at radius 3 is 3.10 bits per heavy atom. The first-order valence-electron chi connectivity index (χ1n) is 7.90. The first-order chi connectivity index (χ1) is 10.2. The van der Waals surface area contributed by atoms with Crippen LogP contribution < -0.4 is 4.74 Å². The average molecular weight is 289 g/mol. The summed E-state index contributed by atoms with van der Waals surface area (Å²) in [6.07, 6.45) is 3.92. The molecule has 2 aliphatic rings. The molecule has 4 nitrogen and oxygen atoms in total. The predicted molar refractivity (Wildman–Crippen MR) is 80.5 cm³/mol. The van der Waals surface area contributed by atoms with Crippen LogP contribution in [0.15, 0.2) is 18.2 Å². The van der Waals surface area contributed by atoms with E-state index < -0.39 is 0 Å². The van der Waals surface area contributed by atoms with Crippen LogP contribution in [-0.4, -0.2) is 36.1 Å². The van der Waals surface area contributed by atoms with Gasteiger partial charge in [0, 0.05) is 11.6 Å². The zero-order valence-electron chi connectivity index (χ0n) is 12.8. The fourth-order valence-corrected chi connectivity index (χ4v) is 3.42. The number of likely N-dealkylation sites (N-methyl/N-ethyl adjacent to an activating group) is 1. The van der Waals surface area contributed by atoms with E-state index in [4.69, 9.17) is 9.47 Å². The van der Waals surface area contributed by atoms with Gasteiger partial charge in [-0.3, -0.25) is 4.90 Å². The molecule has 0 unspecified atom stereocenters. The van der Waals surface area contributed by atoms with Gasteiger partial charge in [-0.1, -0.05) is 13.3 Å². The third-order valence-electron chi connectivity index (χ3n) is 4.59. The maximum atomic E-state index is 11.5. The van der Waals surface area contributed by atoms with Crippen molar-refractivity contribution in [1.82, 2.24) is 4.90 Å². The van der Waals surface area contributed by atoms with Crippen molar-refractivity contribution in [2.75, 3.05) is 13.1 Å². The van der Waals surface area contributed by atoms with Crippen LogP contribution in [0, 0.1) is 0 Å². The Balaban J connectivity index is 1.69. The molecule has 0 N–H and O–H groups in total. The topological polar surface area (TPSA) is 38.8 Å². The van der Waals surface area contributed by atoms with Crippen LogP contribution in [0.2, 0.25) is 0 Å². The Kier molecular flexibility index (Phi) is 4.15. The lowest BCUT2D eigenvalue weighted by molar-refractivity contribution is 0.0529. The molecule has 0 aromatic heterocycles. The molecule has 0 radical (unpaired) electrons. The highest BCUT2D eigenvalue weighted by atomic mass is 16.5. The van der Waals surface area contributed by atoms with Crippen LogP contribution in [0.25, 0.3) is 0 Å². The predicted octanol–water partition coefficient (Wildman–Crippen LogP) is 3.00. The second kappa shape index (κ2) is 6.06. The summed E-state index contributed by atoms with van der Waals surface area (Å²) in [4.78, 5) is 14.0. The van der Waals surface area contributed by atoms with Crippen molar-refractivity contribution in [3.05, 3.63) is 29.3 Å². The van der Waals surface area contributed by atoms with E-state index in [0.717, 1.165) is 17.9 Å². The second-order valence-corrected chi connectivity index (χ2v) is 5.91. The van der Waals surface area contributed by atoms with Gasteiger partial charge in [-0.15, -0.1) is 0 Å². The van der Waals surface area contributed by atoms with Gasteiger partial charge in [-0.05, 0) is 51.1 Å². The first-order valence-corrected chi connectivity index (χ1v) is 7.90. The Morgan fingerprint density at radius 2 is 2.29 bits per heavy atom. The third-order valence-corrected chi connectivity index (χ3v) is 4.59. The number of likely N-dealkylation sites (tertiary alicyclic amines) is 1. The molecule has 3 rings (SSSR count). The number of rotatable bonds is 4. The number of nitrogens with zero attached hydrogens (tertiary/aromatic N) is 1. The standard InChI is InChI=1S/C17H23NO3/c1-3-18-9-5-4-6-16(18)12(2)21-14-7-8-15-13(10-14)11-20-17(15)19/h7-8,10,12,16H,3-6,9,11H2,1-2H3/t12-,16+/m1/s1. The molecule has 1 saturated heterocycles. The molecule has 0 amide bonds. The lowest BCUT2D eigenvalue weighted by atomic mass is 9.98. The van der Waals surface area contributed by atoms with Crippen LogP contribution in [0.5, 0.6) is 5.75 Å². The second-order valence-electron chi connectivity index (χ2n) is 5.91. The number of ether oxygens (including phenoxy) is 2. The lowest BCUT2D eigenvalue weighted by Crippen LogP contribution is -2.47. The normalized spacial score (nSPS) is 23.5. The van der Waals surface area contributed by atoms with Crippen molar-refractivity contribution in [1.29, 1.82) is 0 Å². The third kappa shape index (κ3) is 2.91. The number of hydrogen-bond acceptors (Lipinski definition) is 4. The minimum Gasteiger partial charge on any atom is -0.489 e. The highest BCUT2D eigenvalue weighted by Crippen LogP contribution is 2.27. The molecule has 4 heteroatoms. The summed E-state index contributed by atoms with van der Waals surface area (Å²) in [6.45, 7) is 6.97. The number of fused-ring (bicyclic) bond motifs is 1. The smallest absolute Gasteiger partial charge is 0.338 e. The molecule has 2 atom stereocenters. The minimum atomic E-state index is -0.228. The van der Waals surface area contributed by atoms with Crippen molar-refractivity contribution in [3.8, 4) is 5.75 Å². The molecule has 0 saturated carbocycles. The summed E-state index contributed by atoms with van der Waals surface area (Å²) in [7, 11) is 0. The van der Waals surface area contributed by atoms with Crippen molar-refractivity contribution in [2.24, 2.45) is 0 Å². The van der Waals surface area contributed by atoms with Gasteiger partial charge >= 0.3 is 5.97 Å². The van der Waals surface area contributed by atoms with Gasteiger partial charge in [-0.2, -0.15) is 0 Å². The van der Waals surface area contributed by atoms with Gasteiger partial charge in [0.15, 0.2) is 0 Å². The summed E-state index contributed by atoms with van der Waals surface area (Å²) in [6, 6.07) is 6.11. The number of hydrogen-bond donors (Lipinski definition) is 0. The van der Waals surface area contributed by atoms with Gasteiger partial charge in [0.05, 0.1) is 5.56 Å². The van der Waals surface area contributed by atoms with Crippen LogP contribution in [-0.2, 0) is 11.3 Å². The molecule has 0 spiro atoms. The molecule has 1 aromatic rings.